The van der Waals surface area contributed by atoms with Crippen LogP contribution in [0.25, 0.3) is 10.9 Å². The van der Waals surface area contributed by atoms with E-state index in [2.05, 4.69) is 15.6 Å². The monoisotopic (exact) mass is 473 g/mol. The minimum atomic E-state index is -0.397. The second-order valence-corrected chi connectivity index (χ2v) is 9.95. The summed E-state index contributed by atoms with van der Waals surface area (Å²) in [6, 6.07) is 13.1. The molecule has 0 unspecified atom stereocenters. The summed E-state index contributed by atoms with van der Waals surface area (Å²) < 4.78 is 16.9. The average molecular weight is 474 g/mol. The molecule has 4 aliphatic rings. The molecular formula is C27H27N3O5. The van der Waals surface area contributed by atoms with E-state index in [0.29, 0.717) is 54.0 Å². The molecule has 0 spiro atoms. The molecule has 2 bridgehead atoms. The molecule has 2 aromatic carbocycles. The van der Waals surface area contributed by atoms with Gasteiger partial charge in [-0.15, -0.1) is 0 Å². The predicted molar refractivity (Wildman–Crippen MR) is 130 cm³/mol. The molecule has 3 aromatic rings. The number of hydrogen-bond donors (Lipinski definition) is 2. The summed E-state index contributed by atoms with van der Waals surface area (Å²) in [7, 11) is 3.17. The minimum absolute atomic E-state index is 0.00608. The van der Waals surface area contributed by atoms with Crippen molar-refractivity contribution in [2.45, 2.75) is 38.1 Å². The van der Waals surface area contributed by atoms with Gasteiger partial charge >= 0.3 is 0 Å². The van der Waals surface area contributed by atoms with Gasteiger partial charge in [-0.05, 0) is 68.5 Å². The summed E-state index contributed by atoms with van der Waals surface area (Å²) in [5.41, 5.74) is 0.727. The molecule has 1 heterocycles. The Balaban J connectivity index is 1.11. The molecule has 8 heteroatoms. The SMILES string of the molecule is COc1cc2nccc(Oc3ccc(NC(=O)C45CC(C(=O)NC6CC6)(C4)C5)cc3)c2cc1OC. The number of pyridine rings is 1. The standard InChI is InChI=1S/C27H27N3O5/c1-33-22-11-19-20(12-23(22)34-2)28-10-9-21(19)35-18-7-5-17(6-8-18)30-25(32)27-13-26(14-27,15-27)24(31)29-16-3-4-16/h5-12,16H,3-4,13-15H2,1-2H3,(H,29,31)(H,30,32). The number of ether oxygens (including phenoxy) is 3. The molecule has 4 saturated carbocycles. The Bertz CT molecular complexity index is 1310. The maximum Gasteiger partial charge on any atom is 0.230 e. The van der Waals surface area contributed by atoms with E-state index in [4.69, 9.17) is 14.2 Å². The molecule has 0 aliphatic heterocycles. The number of nitrogens with one attached hydrogen (secondary N) is 2. The van der Waals surface area contributed by atoms with Crippen molar-refractivity contribution in [3.05, 3.63) is 48.7 Å². The van der Waals surface area contributed by atoms with Crippen LogP contribution >= 0.6 is 0 Å². The number of hydrogen-bond acceptors (Lipinski definition) is 6. The zero-order valence-corrected chi connectivity index (χ0v) is 19.7. The number of carbonyl (C=O) groups excluding carboxylic acids is 2. The third-order valence-electron chi connectivity index (χ3n) is 7.45. The van der Waals surface area contributed by atoms with Crippen LogP contribution < -0.4 is 24.8 Å². The number of fused-ring (bicyclic) bond motifs is 1. The molecule has 0 radical (unpaired) electrons. The number of rotatable bonds is 8. The van der Waals surface area contributed by atoms with Crippen molar-refractivity contribution in [1.82, 2.24) is 10.3 Å². The molecule has 2 N–H and O–H groups in total. The highest BCUT2D eigenvalue weighted by molar-refractivity contribution is 6.02. The van der Waals surface area contributed by atoms with Crippen molar-refractivity contribution in [3.63, 3.8) is 0 Å². The molecule has 2 amide bonds. The lowest BCUT2D eigenvalue weighted by molar-refractivity contribution is -0.205. The first-order valence-corrected chi connectivity index (χ1v) is 11.8. The van der Waals surface area contributed by atoms with E-state index in [0.717, 1.165) is 23.7 Å². The second kappa shape index (κ2) is 7.86. The summed E-state index contributed by atoms with van der Waals surface area (Å²) in [5, 5.41) is 6.90. The van der Waals surface area contributed by atoms with E-state index >= 15 is 0 Å². The number of nitrogens with zero attached hydrogens (tertiary/aromatic N) is 1. The zero-order chi connectivity index (χ0) is 24.2. The van der Waals surface area contributed by atoms with Gasteiger partial charge in [0.05, 0.1) is 30.6 Å². The number of anilines is 1. The first kappa shape index (κ1) is 21.7. The largest absolute Gasteiger partial charge is 0.493 e. The maximum absolute atomic E-state index is 12.9. The van der Waals surface area contributed by atoms with Gasteiger partial charge in [0.1, 0.15) is 11.5 Å². The highest BCUT2D eigenvalue weighted by atomic mass is 16.5. The Hall–Kier alpha value is -3.81. The molecular weight excluding hydrogens is 446 g/mol. The number of methoxy groups -OCH3 is 2. The fourth-order valence-corrected chi connectivity index (χ4v) is 5.37. The lowest BCUT2D eigenvalue weighted by atomic mass is 9.34. The van der Waals surface area contributed by atoms with E-state index < -0.39 is 5.41 Å². The second-order valence-electron chi connectivity index (χ2n) is 9.95. The smallest absolute Gasteiger partial charge is 0.230 e. The van der Waals surface area contributed by atoms with Gasteiger partial charge in [-0.1, -0.05) is 0 Å². The Labute approximate surface area is 203 Å². The minimum Gasteiger partial charge on any atom is -0.493 e. The van der Waals surface area contributed by atoms with Gasteiger partial charge < -0.3 is 24.8 Å². The number of aromatic nitrogens is 1. The van der Waals surface area contributed by atoms with Crippen LogP contribution in [0.5, 0.6) is 23.0 Å². The third-order valence-corrected chi connectivity index (χ3v) is 7.45. The molecule has 35 heavy (non-hydrogen) atoms. The highest BCUT2D eigenvalue weighted by Gasteiger charge is 2.74. The van der Waals surface area contributed by atoms with Crippen molar-refractivity contribution in [3.8, 4) is 23.0 Å². The fraction of sp³-hybridized carbons (Fsp3) is 0.370. The number of benzene rings is 2. The van der Waals surface area contributed by atoms with Crippen LogP contribution in [-0.2, 0) is 9.59 Å². The van der Waals surface area contributed by atoms with Crippen molar-refractivity contribution >= 4 is 28.4 Å². The van der Waals surface area contributed by atoms with Crippen LogP contribution in [0.4, 0.5) is 5.69 Å². The summed E-state index contributed by atoms with van der Waals surface area (Å²) >= 11 is 0. The van der Waals surface area contributed by atoms with Gasteiger partial charge in [0, 0.05) is 29.4 Å². The Kier molecular flexibility index (Phi) is 4.88. The summed E-state index contributed by atoms with van der Waals surface area (Å²) in [6.45, 7) is 0. The lowest BCUT2D eigenvalue weighted by Gasteiger charge is -2.67. The van der Waals surface area contributed by atoms with Crippen LogP contribution in [-0.4, -0.2) is 37.1 Å². The van der Waals surface area contributed by atoms with Crippen LogP contribution in [0.15, 0.2) is 48.7 Å². The van der Waals surface area contributed by atoms with Crippen LogP contribution in [0.2, 0.25) is 0 Å². The Morgan fingerprint density at radius 3 is 2.20 bits per heavy atom. The van der Waals surface area contributed by atoms with E-state index in [9.17, 15) is 9.59 Å². The Morgan fingerprint density at radius 1 is 0.886 bits per heavy atom. The molecule has 180 valence electrons. The maximum atomic E-state index is 12.9. The van der Waals surface area contributed by atoms with Gasteiger partial charge in [-0.3, -0.25) is 14.6 Å². The highest BCUT2D eigenvalue weighted by Crippen LogP contribution is 2.73. The predicted octanol–water partition coefficient (Wildman–Crippen LogP) is 4.43. The lowest BCUT2D eigenvalue weighted by Crippen LogP contribution is -2.71. The van der Waals surface area contributed by atoms with Gasteiger partial charge in [-0.2, -0.15) is 0 Å². The van der Waals surface area contributed by atoms with Crippen LogP contribution in [0.1, 0.15) is 32.1 Å². The topological polar surface area (TPSA) is 98.8 Å². The number of carbonyl (C=O) groups is 2. The molecule has 7 rings (SSSR count). The summed E-state index contributed by atoms with van der Waals surface area (Å²) in [4.78, 5) is 29.7. The first-order valence-electron chi connectivity index (χ1n) is 11.8. The van der Waals surface area contributed by atoms with Crippen molar-refractivity contribution in [2.24, 2.45) is 10.8 Å². The summed E-state index contributed by atoms with van der Waals surface area (Å²) in [6.07, 6.45) is 5.78. The van der Waals surface area contributed by atoms with E-state index in [1.165, 1.54) is 0 Å². The van der Waals surface area contributed by atoms with E-state index in [1.54, 1.807) is 26.5 Å². The van der Waals surface area contributed by atoms with E-state index in [1.807, 2.05) is 36.4 Å². The zero-order valence-electron chi connectivity index (χ0n) is 19.7. The normalized spacial score (nSPS) is 24.1. The van der Waals surface area contributed by atoms with Crippen LogP contribution in [0, 0.1) is 10.8 Å². The van der Waals surface area contributed by atoms with Crippen molar-refractivity contribution in [2.75, 3.05) is 19.5 Å². The third kappa shape index (κ3) is 3.64. The van der Waals surface area contributed by atoms with Crippen LogP contribution in [0.3, 0.4) is 0 Å². The average Bonchev–Trinajstić information content (AvgIpc) is 3.61. The molecule has 8 nitrogen and oxygen atoms in total. The van der Waals surface area contributed by atoms with Gasteiger partial charge in [0.25, 0.3) is 0 Å². The number of amides is 2. The molecule has 4 fully saturated rings. The molecule has 0 saturated heterocycles. The quantitative estimate of drug-likeness (QED) is 0.502. The summed E-state index contributed by atoms with van der Waals surface area (Å²) in [5.74, 6) is 2.59. The van der Waals surface area contributed by atoms with Gasteiger partial charge in [0.2, 0.25) is 11.8 Å². The molecule has 4 aliphatic carbocycles. The Morgan fingerprint density at radius 2 is 1.54 bits per heavy atom. The molecule has 1 aromatic heterocycles. The van der Waals surface area contributed by atoms with E-state index in [-0.39, 0.29) is 17.2 Å². The molecule has 0 atom stereocenters. The van der Waals surface area contributed by atoms with Gasteiger partial charge in [-0.25, -0.2) is 0 Å². The fourth-order valence-electron chi connectivity index (χ4n) is 5.37. The van der Waals surface area contributed by atoms with Crippen molar-refractivity contribution in [1.29, 1.82) is 0 Å². The van der Waals surface area contributed by atoms with Gasteiger partial charge in [0.15, 0.2) is 11.5 Å². The first-order chi connectivity index (χ1) is 16.9. The van der Waals surface area contributed by atoms with Crippen molar-refractivity contribution < 1.29 is 23.8 Å².